The summed E-state index contributed by atoms with van der Waals surface area (Å²) in [5.41, 5.74) is 5.22. The lowest BCUT2D eigenvalue weighted by Gasteiger charge is -2.23. The number of rotatable bonds is 0. The van der Waals surface area contributed by atoms with Gasteiger partial charge in [-0.05, 0) is 45.5 Å². The summed E-state index contributed by atoms with van der Waals surface area (Å²) in [6.45, 7) is 13.7. The molecule has 0 amide bonds. The first-order valence-corrected chi connectivity index (χ1v) is 9.01. The summed E-state index contributed by atoms with van der Waals surface area (Å²) >= 11 is 0. The van der Waals surface area contributed by atoms with E-state index in [9.17, 15) is 0 Å². The maximum absolute atomic E-state index is 4.93. The second-order valence-corrected chi connectivity index (χ2v) is 9.11. The third-order valence-corrected chi connectivity index (χ3v) is 5.09. The van der Waals surface area contributed by atoms with E-state index in [1.807, 2.05) is 16.8 Å². The van der Waals surface area contributed by atoms with E-state index in [4.69, 9.17) is 5.10 Å². The van der Waals surface area contributed by atoms with Gasteiger partial charge in [0.05, 0.1) is 5.52 Å². The molecule has 0 radical (unpaired) electrons. The third-order valence-electron chi connectivity index (χ3n) is 5.09. The predicted octanol–water partition coefficient (Wildman–Crippen LogP) is 6.24. The highest BCUT2D eigenvalue weighted by Gasteiger charge is 2.23. The fourth-order valence-corrected chi connectivity index (χ4v) is 3.64. The van der Waals surface area contributed by atoms with Crippen LogP contribution in [0.1, 0.15) is 52.7 Å². The Labute approximate surface area is 149 Å². The molecule has 25 heavy (non-hydrogen) atoms. The molecule has 2 aromatic carbocycles. The van der Waals surface area contributed by atoms with Gasteiger partial charge in [0, 0.05) is 17.0 Å². The predicted molar refractivity (Wildman–Crippen MR) is 108 cm³/mol. The van der Waals surface area contributed by atoms with Crippen LogP contribution in [0.5, 0.6) is 0 Å². The van der Waals surface area contributed by atoms with Crippen LogP contribution in [0.25, 0.3) is 27.2 Å². The highest BCUT2D eigenvalue weighted by atomic mass is 15.2. The van der Waals surface area contributed by atoms with Crippen LogP contribution in [0.15, 0.2) is 48.7 Å². The second-order valence-electron chi connectivity index (χ2n) is 9.11. The minimum absolute atomic E-state index is 0.0591. The number of aromatic nitrogens is 2. The Morgan fingerprint density at radius 3 is 2.28 bits per heavy atom. The van der Waals surface area contributed by atoms with Gasteiger partial charge in [0.2, 0.25) is 0 Å². The largest absolute Gasteiger partial charge is 0.240 e. The van der Waals surface area contributed by atoms with Crippen LogP contribution in [-0.4, -0.2) is 9.61 Å². The lowest BCUT2D eigenvalue weighted by molar-refractivity contribution is 0.591. The number of hydrogen-bond donors (Lipinski definition) is 0. The zero-order chi connectivity index (χ0) is 18.0. The van der Waals surface area contributed by atoms with Gasteiger partial charge in [-0.15, -0.1) is 0 Å². The topological polar surface area (TPSA) is 17.3 Å². The Bertz CT molecular complexity index is 1100. The highest BCUT2D eigenvalue weighted by molar-refractivity contribution is 6.12. The molecule has 4 rings (SSSR count). The van der Waals surface area contributed by atoms with E-state index in [-0.39, 0.29) is 10.8 Å². The normalized spacial score (nSPS) is 13.2. The maximum atomic E-state index is 4.93. The van der Waals surface area contributed by atoms with Gasteiger partial charge in [-0.2, -0.15) is 5.10 Å². The van der Waals surface area contributed by atoms with Crippen molar-refractivity contribution in [2.24, 2.45) is 0 Å². The standard InChI is InChI=1S/C23H26N2/c1-22(2,3)16-10-11-17-15(13-16)14-18(23(4,5)6)20-19-9-7-8-12-25(19)24-21(17)20/h7-14H,1-6H3. The molecule has 0 atom stereocenters. The molecule has 0 bridgehead atoms. The number of nitrogens with zero attached hydrogens (tertiary/aromatic N) is 2. The fourth-order valence-electron chi connectivity index (χ4n) is 3.64. The van der Waals surface area contributed by atoms with Crippen molar-refractivity contribution in [3.05, 3.63) is 59.8 Å². The minimum Gasteiger partial charge on any atom is -0.240 e. The molecule has 2 heteroatoms. The van der Waals surface area contributed by atoms with E-state index >= 15 is 0 Å². The Hall–Kier alpha value is -2.35. The van der Waals surface area contributed by atoms with Gasteiger partial charge in [-0.25, -0.2) is 4.52 Å². The first-order valence-electron chi connectivity index (χ1n) is 9.01. The van der Waals surface area contributed by atoms with Crippen LogP contribution in [0.2, 0.25) is 0 Å². The van der Waals surface area contributed by atoms with Gasteiger partial charge in [-0.1, -0.05) is 65.8 Å². The summed E-state index contributed by atoms with van der Waals surface area (Å²) in [6.07, 6.45) is 2.04. The molecule has 0 aliphatic rings. The zero-order valence-corrected chi connectivity index (χ0v) is 16.0. The molecular formula is C23H26N2. The van der Waals surface area contributed by atoms with E-state index in [0.717, 1.165) is 5.52 Å². The molecule has 0 saturated carbocycles. The second kappa shape index (κ2) is 5.08. The molecule has 128 valence electrons. The molecule has 4 aromatic rings. The van der Waals surface area contributed by atoms with Crippen LogP contribution in [0.3, 0.4) is 0 Å². The van der Waals surface area contributed by atoms with Crippen LogP contribution < -0.4 is 0 Å². The molecule has 2 nitrogen and oxygen atoms in total. The van der Waals surface area contributed by atoms with Gasteiger partial charge >= 0.3 is 0 Å². The summed E-state index contributed by atoms with van der Waals surface area (Å²) in [4.78, 5) is 0. The van der Waals surface area contributed by atoms with Gasteiger partial charge in [0.1, 0.15) is 5.52 Å². The monoisotopic (exact) mass is 330 g/mol. The van der Waals surface area contributed by atoms with Crippen molar-refractivity contribution in [3.8, 4) is 0 Å². The van der Waals surface area contributed by atoms with Gasteiger partial charge in [0.15, 0.2) is 0 Å². The summed E-state index contributed by atoms with van der Waals surface area (Å²) < 4.78 is 2.01. The van der Waals surface area contributed by atoms with Crippen molar-refractivity contribution in [1.82, 2.24) is 9.61 Å². The third kappa shape index (κ3) is 2.52. The van der Waals surface area contributed by atoms with Crippen molar-refractivity contribution < 1.29 is 0 Å². The lowest BCUT2D eigenvalue weighted by atomic mass is 9.81. The quantitative estimate of drug-likeness (QED) is 0.373. The molecule has 0 aliphatic heterocycles. The molecular weight excluding hydrogens is 304 g/mol. The van der Waals surface area contributed by atoms with Gasteiger partial charge in [0.25, 0.3) is 0 Å². The zero-order valence-electron chi connectivity index (χ0n) is 16.0. The van der Waals surface area contributed by atoms with Crippen LogP contribution in [-0.2, 0) is 10.8 Å². The Balaban J connectivity index is 2.21. The average molecular weight is 330 g/mol. The molecule has 0 unspecified atom stereocenters. The Morgan fingerprint density at radius 1 is 0.840 bits per heavy atom. The summed E-state index contributed by atoms with van der Waals surface area (Å²) in [7, 11) is 0. The average Bonchev–Trinajstić information content (AvgIpc) is 2.91. The van der Waals surface area contributed by atoms with Crippen molar-refractivity contribution in [2.45, 2.75) is 52.4 Å². The van der Waals surface area contributed by atoms with Crippen molar-refractivity contribution in [2.75, 3.05) is 0 Å². The van der Waals surface area contributed by atoms with E-state index < -0.39 is 0 Å². The van der Waals surface area contributed by atoms with E-state index in [1.54, 1.807) is 0 Å². The van der Waals surface area contributed by atoms with E-state index in [2.05, 4.69) is 77.9 Å². The van der Waals surface area contributed by atoms with Crippen molar-refractivity contribution in [3.63, 3.8) is 0 Å². The summed E-state index contributed by atoms with van der Waals surface area (Å²) in [5.74, 6) is 0. The molecule has 0 fully saturated rings. The number of benzene rings is 2. The minimum atomic E-state index is 0.0591. The molecule has 2 heterocycles. The summed E-state index contributed by atoms with van der Waals surface area (Å²) in [6, 6.07) is 15.5. The fraction of sp³-hybridized carbons (Fsp3) is 0.348. The number of pyridine rings is 1. The van der Waals surface area contributed by atoms with Gasteiger partial charge in [-0.3, -0.25) is 0 Å². The summed E-state index contributed by atoms with van der Waals surface area (Å²) in [5, 5.41) is 8.73. The van der Waals surface area contributed by atoms with E-state index in [0.29, 0.717) is 0 Å². The number of fused-ring (bicyclic) bond motifs is 5. The lowest BCUT2D eigenvalue weighted by Crippen LogP contribution is -2.12. The highest BCUT2D eigenvalue weighted by Crippen LogP contribution is 2.38. The molecule has 0 N–H and O–H groups in total. The van der Waals surface area contributed by atoms with Crippen molar-refractivity contribution in [1.29, 1.82) is 0 Å². The Morgan fingerprint density at radius 2 is 1.60 bits per heavy atom. The molecule has 0 spiro atoms. The van der Waals surface area contributed by atoms with Crippen LogP contribution in [0, 0.1) is 0 Å². The number of hydrogen-bond acceptors (Lipinski definition) is 1. The first-order chi connectivity index (χ1) is 11.7. The molecule has 2 aromatic heterocycles. The maximum Gasteiger partial charge on any atom is 0.101 e. The van der Waals surface area contributed by atoms with E-state index in [1.165, 1.54) is 32.8 Å². The van der Waals surface area contributed by atoms with Crippen LogP contribution >= 0.6 is 0 Å². The van der Waals surface area contributed by atoms with Crippen molar-refractivity contribution >= 4 is 27.2 Å². The first kappa shape index (κ1) is 16.1. The molecule has 0 saturated heterocycles. The Kier molecular flexibility index (Phi) is 3.28. The molecule has 0 aliphatic carbocycles. The van der Waals surface area contributed by atoms with Crippen LogP contribution in [0.4, 0.5) is 0 Å². The van der Waals surface area contributed by atoms with Gasteiger partial charge < -0.3 is 0 Å². The SMILES string of the molecule is CC(C)(C)c1ccc2c(c1)cc(C(C)(C)C)c1c2nn2ccccc12. The smallest absolute Gasteiger partial charge is 0.101 e.